The third-order valence-electron chi connectivity index (χ3n) is 3.44. The van der Waals surface area contributed by atoms with Gasteiger partial charge in [0.1, 0.15) is 5.75 Å². The Hall–Kier alpha value is -1.08. The van der Waals surface area contributed by atoms with Crippen LogP contribution in [0.1, 0.15) is 0 Å². The maximum atomic E-state index is 12.1. The molecule has 25 heavy (non-hydrogen) atoms. The van der Waals surface area contributed by atoms with Crippen molar-refractivity contribution in [2.45, 2.75) is 0 Å². The number of ether oxygens (including phenoxy) is 1. The number of amides is 1. The molecule has 0 heterocycles. The molecular formula is C18H11Br3ClNO2. The van der Waals surface area contributed by atoms with Gasteiger partial charge in [0.15, 0.2) is 6.61 Å². The Kier molecular flexibility index (Phi) is 6.04. The molecule has 0 spiro atoms. The molecule has 3 nitrogen and oxygen atoms in total. The highest BCUT2D eigenvalue weighted by Gasteiger charge is 2.10. The Morgan fingerprint density at radius 2 is 1.84 bits per heavy atom. The molecule has 0 atom stereocenters. The summed E-state index contributed by atoms with van der Waals surface area (Å²) in [5.74, 6) is 0.347. The minimum Gasteiger partial charge on any atom is -0.483 e. The fourth-order valence-corrected chi connectivity index (χ4v) is 3.68. The molecule has 0 aliphatic heterocycles. The fraction of sp³-hybridized carbons (Fsp3) is 0.0556. The lowest BCUT2D eigenvalue weighted by Crippen LogP contribution is -2.20. The smallest absolute Gasteiger partial charge is 0.262 e. The molecule has 3 rings (SSSR count). The van der Waals surface area contributed by atoms with Crippen molar-refractivity contribution in [3.63, 3.8) is 0 Å². The maximum Gasteiger partial charge on any atom is 0.262 e. The Morgan fingerprint density at radius 1 is 1.04 bits per heavy atom. The SMILES string of the molecule is O=C(COc1ccc2cc(Br)ccc2c1Br)Nc1ccc(Br)c(Cl)c1. The average Bonchev–Trinajstić information content (AvgIpc) is 2.57. The summed E-state index contributed by atoms with van der Waals surface area (Å²) in [5, 5.41) is 5.37. The summed E-state index contributed by atoms with van der Waals surface area (Å²) in [6.45, 7) is -0.103. The number of halogens is 4. The summed E-state index contributed by atoms with van der Waals surface area (Å²) >= 11 is 16.3. The van der Waals surface area contributed by atoms with E-state index in [1.807, 2.05) is 30.3 Å². The molecule has 0 radical (unpaired) electrons. The van der Waals surface area contributed by atoms with Gasteiger partial charge in [0, 0.05) is 14.6 Å². The Morgan fingerprint density at radius 3 is 2.60 bits per heavy atom. The Balaban J connectivity index is 1.69. The van der Waals surface area contributed by atoms with Crippen LogP contribution in [0.3, 0.4) is 0 Å². The number of hydrogen-bond donors (Lipinski definition) is 1. The molecule has 128 valence electrons. The molecule has 0 aromatic heterocycles. The first-order chi connectivity index (χ1) is 11.9. The van der Waals surface area contributed by atoms with Crippen LogP contribution in [-0.2, 0) is 4.79 Å². The quantitative estimate of drug-likeness (QED) is 0.390. The van der Waals surface area contributed by atoms with E-state index >= 15 is 0 Å². The van der Waals surface area contributed by atoms with Crippen LogP contribution in [0.15, 0.2) is 61.9 Å². The highest BCUT2D eigenvalue weighted by Crippen LogP contribution is 2.34. The zero-order valence-electron chi connectivity index (χ0n) is 12.7. The second kappa shape index (κ2) is 8.08. The van der Waals surface area contributed by atoms with Gasteiger partial charge in [-0.05, 0) is 79.0 Å². The van der Waals surface area contributed by atoms with Crippen LogP contribution in [0.4, 0.5) is 5.69 Å². The number of nitrogens with one attached hydrogen (secondary N) is 1. The van der Waals surface area contributed by atoms with Crippen molar-refractivity contribution in [2.75, 3.05) is 11.9 Å². The first-order valence-corrected chi connectivity index (χ1v) is 9.95. The molecule has 0 aliphatic rings. The molecule has 3 aromatic rings. The van der Waals surface area contributed by atoms with Crippen molar-refractivity contribution in [3.8, 4) is 5.75 Å². The van der Waals surface area contributed by atoms with Crippen LogP contribution in [0, 0.1) is 0 Å². The van der Waals surface area contributed by atoms with E-state index in [9.17, 15) is 4.79 Å². The second-order valence-electron chi connectivity index (χ2n) is 5.21. The maximum absolute atomic E-state index is 12.1. The van der Waals surface area contributed by atoms with Crippen molar-refractivity contribution in [2.24, 2.45) is 0 Å². The van der Waals surface area contributed by atoms with Gasteiger partial charge in [0.05, 0.1) is 9.50 Å². The predicted molar refractivity (Wildman–Crippen MR) is 113 cm³/mol. The van der Waals surface area contributed by atoms with Crippen molar-refractivity contribution in [1.29, 1.82) is 0 Å². The lowest BCUT2D eigenvalue weighted by Gasteiger charge is -2.11. The molecule has 0 bridgehead atoms. The fourth-order valence-electron chi connectivity index (χ4n) is 2.27. The van der Waals surface area contributed by atoms with Gasteiger partial charge >= 0.3 is 0 Å². The van der Waals surface area contributed by atoms with Crippen LogP contribution in [0.5, 0.6) is 5.75 Å². The summed E-state index contributed by atoms with van der Waals surface area (Å²) in [5.41, 5.74) is 0.615. The molecule has 0 aliphatic carbocycles. The van der Waals surface area contributed by atoms with Gasteiger partial charge in [-0.15, -0.1) is 0 Å². The number of anilines is 1. The summed E-state index contributed by atoms with van der Waals surface area (Å²) in [4.78, 5) is 12.1. The van der Waals surface area contributed by atoms with Crippen LogP contribution in [-0.4, -0.2) is 12.5 Å². The lowest BCUT2D eigenvalue weighted by molar-refractivity contribution is -0.118. The third-order valence-corrected chi connectivity index (χ3v) is 5.99. The number of benzene rings is 3. The molecular weight excluding hydrogens is 537 g/mol. The van der Waals surface area contributed by atoms with Gasteiger partial charge in [-0.25, -0.2) is 0 Å². The first-order valence-electron chi connectivity index (χ1n) is 7.19. The normalized spacial score (nSPS) is 10.7. The number of fused-ring (bicyclic) bond motifs is 1. The van der Waals surface area contributed by atoms with E-state index in [2.05, 4.69) is 53.1 Å². The summed E-state index contributed by atoms with van der Waals surface area (Å²) < 4.78 is 8.25. The minimum absolute atomic E-state index is 0.103. The van der Waals surface area contributed by atoms with Gasteiger partial charge < -0.3 is 10.1 Å². The number of carbonyl (C=O) groups is 1. The topological polar surface area (TPSA) is 38.3 Å². The van der Waals surface area contributed by atoms with Gasteiger partial charge in [-0.2, -0.15) is 0 Å². The number of carbonyl (C=O) groups excluding carboxylic acids is 1. The summed E-state index contributed by atoms with van der Waals surface area (Å²) in [6, 6.07) is 15.0. The van der Waals surface area contributed by atoms with Gasteiger partial charge in [-0.3, -0.25) is 4.79 Å². The second-order valence-corrected chi connectivity index (χ2v) is 8.18. The standard InChI is InChI=1S/C18H11Br3ClNO2/c19-11-2-4-13-10(7-11)1-6-16(18(13)21)25-9-17(24)23-12-3-5-14(20)15(22)8-12/h1-8H,9H2,(H,23,24). The average molecular weight is 548 g/mol. The van der Waals surface area contributed by atoms with E-state index in [1.165, 1.54) is 0 Å². The Bertz CT molecular complexity index is 962. The van der Waals surface area contributed by atoms with Crippen molar-refractivity contribution >= 4 is 81.8 Å². The minimum atomic E-state index is -0.263. The van der Waals surface area contributed by atoms with E-state index in [4.69, 9.17) is 16.3 Å². The largest absolute Gasteiger partial charge is 0.483 e. The number of hydrogen-bond acceptors (Lipinski definition) is 2. The first kappa shape index (κ1) is 18.7. The van der Waals surface area contributed by atoms with Crippen molar-refractivity contribution in [1.82, 2.24) is 0 Å². The summed E-state index contributed by atoms with van der Waals surface area (Å²) in [7, 11) is 0. The highest BCUT2D eigenvalue weighted by molar-refractivity contribution is 9.11. The van der Waals surface area contributed by atoms with Crippen molar-refractivity contribution < 1.29 is 9.53 Å². The van der Waals surface area contributed by atoms with Crippen LogP contribution < -0.4 is 10.1 Å². The molecule has 1 N–H and O–H groups in total. The van der Waals surface area contributed by atoms with Crippen LogP contribution >= 0.6 is 59.4 Å². The van der Waals surface area contributed by atoms with Crippen LogP contribution in [0.25, 0.3) is 10.8 Å². The van der Waals surface area contributed by atoms with Gasteiger partial charge in [0.25, 0.3) is 5.91 Å². The van der Waals surface area contributed by atoms with E-state index in [1.54, 1.807) is 18.2 Å². The third kappa shape index (κ3) is 4.56. The molecule has 1 amide bonds. The zero-order valence-corrected chi connectivity index (χ0v) is 18.2. The zero-order chi connectivity index (χ0) is 18.0. The molecule has 3 aromatic carbocycles. The highest BCUT2D eigenvalue weighted by atomic mass is 79.9. The van der Waals surface area contributed by atoms with E-state index in [-0.39, 0.29) is 12.5 Å². The predicted octanol–water partition coefficient (Wildman–Crippen LogP) is 6.80. The van der Waals surface area contributed by atoms with Crippen molar-refractivity contribution in [3.05, 3.63) is 67.0 Å². The monoisotopic (exact) mass is 545 g/mol. The molecule has 0 saturated heterocycles. The molecule has 7 heteroatoms. The molecule has 0 fully saturated rings. The Labute approximate surface area is 175 Å². The van der Waals surface area contributed by atoms with Gasteiger partial charge in [-0.1, -0.05) is 39.7 Å². The van der Waals surface area contributed by atoms with E-state index in [0.29, 0.717) is 16.5 Å². The molecule has 0 unspecified atom stereocenters. The van der Waals surface area contributed by atoms with E-state index in [0.717, 1.165) is 24.2 Å². The number of rotatable bonds is 4. The summed E-state index contributed by atoms with van der Waals surface area (Å²) in [6.07, 6.45) is 0. The molecule has 0 saturated carbocycles. The lowest BCUT2D eigenvalue weighted by atomic mass is 10.1. The van der Waals surface area contributed by atoms with E-state index < -0.39 is 0 Å². The van der Waals surface area contributed by atoms with Crippen LogP contribution in [0.2, 0.25) is 5.02 Å². The van der Waals surface area contributed by atoms with Gasteiger partial charge in [0.2, 0.25) is 0 Å².